The molecule has 0 fully saturated rings. The van der Waals surface area contributed by atoms with E-state index in [0.717, 1.165) is 32.2 Å². The van der Waals surface area contributed by atoms with Gasteiger partial charge in [0.15, 0.2) is 0 Å². The Morgan fingerprint density at radius 2 is 1.84 bits per heavy atom. The van der Waals surface area contributed by atoms with E-state index in [1.807, 2.05) is 21.1 Å². The zero-order chi connectivity index (χ0) is 14.5. The summed E-state index contributed by atoms with van der Waals surface area (Å²) in [6.07, 6.45) is 3.78. The quantitative estimate of drug-likeness (QED) is 0.295. The molecular formula is C13H31N5O. The highest BCUT2D eigenvalue weighted by Crippen LogP contribution is 1.98. The van der Waals surface area contributed by atoms with Crippen LogP contribution >= 0.6 is 0 Å². The Morgan fingerprint density at radius 1 is 1.11 bits per heavy atom. The van der Waals surface area contributed by atoms with E-state index in [1.54, 1.807) is 0 Å². The second kappa shape index (κ2) is 12.3. The standard InChI is InChI=1S/C13H31N5O/c1-15-9-5-6-11(16-2)10-18-13(19)12(17-3)7-4-8-14/h11-12,15-17H,4-10,14H2,1-3H3,(H,18,19)/t11-,12-/m0/s1. The summed E-state index contributed by atoms with van der Waals surface area (Å²) in [5.41, 5.74) is 5.47. The molecule has 6 nitrogen and oxygen atoms in total. The van der Waals surface area contributed by atoms with Crippen molar-refractivity contribution in [1.29, 1.82) is 0 Å². The Morgan fingerprint density at radius 3 is 2.37 bits per heavy atom. The van der Waals surface area contributed by atoms with Crippen molar-refractivity contribution >= 4 is 5.91 Å². The van der Waals surface area contributed by atoms with E-state index in [-0.39, 0.29) is 11.9 Å². The normalized spacial score (nSPS) is 14.1. The van der Waals surface area contributed by atoms with Crippen LogP contribution in [-0.4, -0.2) is 58.8 Å². The maximum absolute atomic E-state index is 12.0. The fraction of sp³-hybridized carbons (Fsp3) is 0.923. The van der Waals surface area contributed by atoms with Gasteiger partial charge in [-0.3, -0.25) is 4.79 Å². The van der Waals surface area contributed by atoms with Crippen molar-refractivity contribution in [2.45, 2.75) is 37.8 Å². The third-order valence-electron chi connectivity index (χ3n) is 3.27. The van der Waals surface area contributed by atoms with Crippen LogP contribution in [0.2, 0.25) is 0 Å². The van der Waals surface area contributed by atoms with Gasteiger partial charge in [-0.05, 0) is 59.9 Å². The first-order valence-electron chi connectivity index (χ1n) is 7.16. The minimum absolute atomic E-state index is 0.0600. The molecule has 0 aromatic heterocycles. The highest BCUT2D eigenvalue weighted by Gasteiger charge is 2.16. The average Bonchev–Trinajstić information content (AvgIpc) is 2.43. The van der Waals surface area contributed by atoms with E-state index in [9.17, 15) is 4.79 Å². The van der Waals surface area contributed by atoms with Gasteiger partial charge in [-0.2, -0.15) is 0 Å². The van der Waals surface area contributed by atoms with Crippen molar-refractivity contribution in [3.8, 4) is 0 Å². The molecule has 0 bridgehead atoms. The number of hydrogen-bond acceptors (Lipinski definition) is 5. The first kappa shape index (κ1) is 18.3. The molecule has 0 radical (unpaired) electrons. The third-order valence-corrected chi connectivity index (χ3v) is 3.27. The SMILES string of the molecule is CNCCC[C@@H](CNC(=O)[C@H](CCCN)NC)NC. The van der Waals surface area contributed by atoms with Gasteiger partial charge < -0.3 is 27.0 Å². The van der Waals surface area contributed by atoms with Gasteiger partial charge in [-0.15, -0.1) is 0 Å². The van der Waals surface area contributed by atoms with Gasteiger partial charge in [0.05, 0.1) is 6.04 Å². The van der Waals surface area contributed by atoms with Crippen LogP contribution in [-0.2, 0) is 4.79 Å². The van der Waals surface area contributed by atoms with E-state index in [4.69, 9.17) is 5.73 Å². The first-order chi connectivity index (χ1) is 9.19. The molecule has 0 aliphatic heterocycles. The molecule has 114 valence electrons. The van der Waals surface area contributed by atoms with Gasteiger partial charge in [0.25, 0.3) is 0 Å². The van der Waals surface area contributed by atoms with E-state index < -0.39 is 0 Å². The minimum Gasteiger partial charge on any atom is -0.353 e. The summed E-state index contributed by atoms with van der Waals surface area (Å²) in [7, 11) is 5.69. The number of carbonyl (C=O) groups excluding carboxylic acids is 1. The number of carbonyl (C=O) groups is 1. The lowest BCUT2D eigenvalue weighted by molar-refractivity contribution is -0.123. The van der Waals surface area contributed by atoms with Crippen molar-refractivity contribution in [1.82, 2.24) is 21.3 Å². The second-order valence-electron chi connectivity index (χ2n) is 4.75. The molecule has 0 heterocycles. The summed E-state index contributed by atoms with van der Waals surface area (Å²) in [5.74, 6) is 0.0600. The molecule has 0 spiro atoms. The van der Waals surface area contributed by atoms with E-state index in [2.05, 4.69) is 21.3 Å². The Kier molecular flexibility index (Phi) is 11.9. The van der Waals surface area contributed by atoms with Gasteiger partial charge in [0.2, 0.25) is 5.91 Å². The molecule has 6 N–H and O–H groups in total. The van der Waals surface area contributed by atoms with Gasteiger partial charge in [-0.25, -0.2) is 0 Å². The molecular weight excluding hydrogens is 242 g/mol. The second-order valence-corrected chi connectivity index (χ2v) is 4.75. The Hall–Kier alpha value is -0.690. The topological polar surface area (TPSA) is 91.2 Å². The van der Waals surface area contributed by atoms with Crippen LogP contribution in [0.15, 0.2) is 0 Å². The number of likely N-dealkylation sites (N-methyl/N-ethyl adjacent to an activating group) is 2. The molecule has 0 saturated heterocycles. The lowest BCUT2D eigenvalue weighted by atomic mass is 10.1. The largest absolute Gasteiger partial charge is 0.353 e. The molecule has 0 rings (SSSR count). The molecule has 0 saturated carbocycles. The molecule has 6 heteroatoms. The van der Waals surface area contributed by atoms with Crippen molar-refractivity contribution in [3.05, 3.63) is 0 Å². The molecule has 1 amide bonds. The van der Waals surface area contributed by atoms with Crippen LogP contribution in [0.1, 0.15) is 25.7 Å². The monoisotopic (exact) mass is 273 g/mol. The van der Waals surface area contributed by atoms with Crippen LogP contribution in [0, 0.1) is 0 Å². The molecule has 19 heavy (non-hydrogen) atoms. The Bertz CT molecular complexity index is 225. The van der Waals surface area contributed by atoms with Crippen LogP contribution in [0.25, 0.3) is 0 Å². The summed E-state index contributed by atoms with van der Waals surface area (Å²) >= 11 is 0. The molecule has 0 aromatic rings. The third kappa shape index (κ3) is 8.93. The van der Waals surface area contributed by atoms with Crippen LogP contribution < -0.4 is 27.0 Å². The summed E-state index contributed by atoms with van der Waals surface area (Å²) in [5, 5.41) is 12.4. The summed E-state index contributed by atoms with van der Waals surface area (Å²) in [6, 6.07) is 0.183. The van der Waals surface area contributed by atoms with Crippen LogP contribution in [0.4, 0.5) is 0 Å². The molecule has 0 aliphatic rings. The highest BCUT2D eigenvalue weighted by molar-refractivity contribution is 5.81. The number of rotatable bonds is 12. The van der Waals surface area contributed by atoms with Gasteiger partial charge in [-0.1, -0.05) is 0 Å². The summed E-state index contributed by atoms with van der Waals surface area (Å²) in [4.78, 5) is 12.0. The van der Waals surface area contributed by atoms with Crippen molar-refractivity contribution < 1.29 is 4.79 Å². The molecule has 0 aromatic carbocycles. The first-order valence-corrected chi connectivity index (χ1v) is 7.16. The van der Waals surface area contributed by atoms with Crippen molar-refractivity contribution in [3.63, 3.8) is 0 Å². The van der Waals surface area contributed by atoms with Gasteiger partial charge in [0.1, 0.15) is 0 Å². The summed E-state index contributed by atoms with van der Waals surface area (Å²) in [6.45, 7) is 2.29. The predicted octanol–water partition coefficient (Wildman–Crippen LogP) is -0.983. The Balaban J connectivity index is 3.94. The van der Waals surface area contributed by atoms with Crippen molar-refractivity contribution in [2.24, 2.45) is 5.73 Å². The Labute approximate surface area is 117 Å². The van der Waals surface area contributed by atoms with Crippen molar-refractivity contribution in [2.75, 3.05) is 40.8 Å². The fourth-order valence-corrected chi connectivity index (χ4v) is 1.95. The molecule has 2 atom stereocenters. The van der Waals surface area contributed by atoms with E-state index in [0.29, 0.717) is 19.1 Å². The number of nitrogens with one attached hydrogen (secondary N) is 4. The molecule has 0 unspecified atom stereocenters. The van der Waals surface area contributed by atoms with Gasteiger partial charge in [0, 0.05) is 12.6 Å². The lowest BCUT2D eigenvalue weighted by Gasteiger charge is -2.20. The lowest BCUT2D eigenvalue weighted by Crippen LogP contribution is -2.47. The number of nitrogens with two attached hydrogens (primary N) is 1. The van der Waals surface area contributed by atoms with Crippen LogP contribution in [0.3, 0.4) is 0 Å². The van der Waals surface area contributed by atoms with E-state index >= 15 is 0 Å². The zero-order valence-electron chi connectivity index (χ0n) is 12.6. The average molecular weight is 273 g/mol. The molecule has 0 aliphatic carbocycles. The predicted molar refractivity (Wildman–Crippen MR) is 80.2 cm³/mol. The smallest absolute Gasteiger partial charge is 0.237 e. The highest BCUT2D eigenvalue weighted by atomic mass is 16.2. The maximum atomic E-state index is 12.0. The van der Waals surface area contributed by atoms with Gasteiger partial charge >= 0.3 is 0 Å². The fourth-order valence-electron chi connectivity index (χ4n) is 1.95. The summed E-state index contributed by atoms with van der Waals surface area (Å²) < 4.78 is 0. The maximum Gasteiger partial charge on any atom is 0.237 e. The number of hydrogen-bond donors (Lipinski definition) is 5. The van der Waals surface area contributed by atoms with Crippen LogP contribution in [0.5, 0.6) is 0 Å². The zero-order valence-corrected chi connectivity index (χ0v) is 12.6. The minimum atomic E-state index is -0.140. The van der Waals surface area contributed by atoms with E-state index in [1.165, 1.54) is 0 Å². The number of amides is 1.